The molecule has 0 amide bonds. The van der Waals surface area contributed by atoms with E-state index >= 15 is 0 Å². The third-order valence-corrected chi connectivity index (χ3v) is 8.93. The van der Waals surface area contributed by atoms with E-state index in [0.717, 1.165) is 19.3 Å². The van der Waals surface area contributed by atoms with Crippen LogP contribution < -0.4 is 10.2 Å². The van der Waals surface area contributed by atoms with E-state index in [1.165, 1.54) is 56.9 Å². The molecule has 0 spiro atoms. The van der Waals surface area contributed by atoms with Crippen LogP contribution in [0.2, 0.25) is 0 Å². The third-order valence-electron chi connectivity index (χ3n) is 8.93. The van der Waals surface area contributed by atoms with Gasteiger partial charge in [0.05, 0.1) is 7.05 Å². The van der Waals surface area contributed by atoms with Gasteiger partial charge in [0, 0.05) is 29.4 Å². The second kappa shape index (κ2) is 13.6. The van der Waals surface area contributed by atoms with Crippen LogP contribution in [-0.2, 0) is 10.8 Å². The van der Waals surface area contributed by atoms with Crippen LogP contribution in [0.1, 0.15) is 83.9 Å². The number of likely N-dealkylation sites (N-methyl/N-ethyl adjacent to an activating group) is 1. The normalized spacial score (nSPS) is 18.4. The van der Waals surface area contributed by atoms with E-state index in [0.29, 0.717) is 0 Å². The molecule has 0 radical (unpaired) electrons. The highest BCUT2D eigenvalue weighted by atomic mass is 15.2. The van der Waals surface area contributed by atoms with Crippen molar-refractivity contribution in [1.82, 2.24) is 0 Å². The molecule has 0 saturated carbocycles. The molecular weight excluding hydrogens is 508 g/mol. The number of para-hydroxylation sites is 2. The Balaban J connectivity index is 0.00000198. The molecule has 220 valence electrons. The minimum atomic E-state index is -0.0196. The first kappa shape index (κ1) is 31.3. The van der Waals surface area contributed by atoms with E-state index in [4.69, 9.17) is 0 Å². The fraction of sp³-hybridized carbons (Fsp3) is 0.350. The van der Waals surface area contributed by atoms with Gasteiger partial charge in [0.15, 0.2) is 0 Å². The summed E-state index contributed by atoms with van der Waals surface area (Å²) in [6, 6.07) is 28.6. The van der Waals surface area contributed by atoms with Crippen molar-refractivity contribution in [1.29, 1.82) is 0 Å². The Morgan fingerprint density at radius 2 is 1.52 bits per heavy atom. The minimum absolute atomic E-state index is 0.0196. The average molecular weight is 560 g/mol. The zero-order valence-electron chi connectivity index (χ0n) is 27.2. The SMILES string of the molecule is CC.C[NH2+]c1ccccc1C(C)(C)C/C=C/C1=C(c2ccccc2)C(=C/C=C2/N(C)c3ccccc3C2(C)C)/CCC1. The molecule has 2 aliphatic rings. The monoisotopic (exact) mass is 559 g/mol. The lowest BCUT2D eigenvalue weighted by Gasteiger charge is -2.26. The number of nitrogens with zero attached hydrogens (tertiary/aromatic N) is 1. The van der Waals surface area contributed by atoms with Gasteiger partial charge in [-0.25, -0.2) is 0 Å². The highest BCUT2D eigenvalue weighted by Crippen LogP contribution is 2.47. The maximum Gasteiger partial charge on any atom is 0.133 e. The van der Waals surface area contributed by atoms with Crippen LogP contribution >= 0.6 is 0 Å². The summed E-state index contributed by atoms with van der Waals surface area (Å²) in [5.41, 5.74) is 12.5. The first-order valence-electron chi connectivity index (χ1n) is 15.8. The number of nitrogens with two attached hydrogens (primary N) is 1. The van der Waals surface area contributed by atoms with Crippen LogP contribution in [0.5, 0.6) is 0 Å². The largest absolute Gasteiger partial charge is 0.347 e. The molecule has 2 heteroatoms. The zero-order chi connectivity index (χ0) is 30.3. The Hall–Kier alpha value is -3.62. The lowest BCUT2D eigenvalue weighted by Crippen LogP contribution is -2.73. The molecule has 0 atom stereocenters. The van der Waals surface area contributed by atoms with Crippen molar-refractivity contribution in [2.75, 3.05) is 19.0 Å². The number of allylic oxidation sites excluding steroid dienone is 8. The van der Waals surface area contributed by atoms with E-state index in [1.54, 1.807) is 0 Å². The Morgan fingerprint density at radius 1 is 0.857 bits per heavy atom. The van der Waals surface area contributed by atoms with Crippen LogP contribution in [0.3, 0.4) is 0 Å². The first-order valence-corrected chi connectivity index (χ1v) is 15.8. The summed E-state index contributed by atoms with van der Waals surface area (Å²) in [6.45, 7) is 13.4. The molecule has 5 rings (SSSR count). The molecule has 3 aromatic rings. The summed E-state index contributed by atoms with van der Waals surface area (Å²) in [4.78, 5) is 2.37. The number of quaternary nitrogens is 1. The predicted octanol–water partition coefficient (Wildman–Crippen LogP) is 9.64. The molecule has 1 aliphatic heterocycles. The molecule has 3 aromatic carbocycles. The van der Waals surface area contributed by atoms with E-state index in [-0.39, 0.29) is 10.8 Å². The molecule has 2 N–H and O–H groups in total. The highest BCUT2D eigenvalue weighted by molar-refractivity contribution is 5.84. The molecule has 0 fully saturated rings. The molecule has 0 aromatic heterocycles. The molecule has 1 heterocycles. The van der Waals surface area contributed by atoms with Gasteiger partial charge in [-0.15, -0.1) is 0 Å². The van der Waals surface area contributed by atoms with E-state index in [1.807, 2.05) is 13.8 Å². The lowest BCUT2D eigenvalue weighted by atomic mass is 9.79. The highest BCUT2D eigenvalue weighted by Gasteiger charge is 2.37. The van der Waals surface area contributed by atoms with Gasteiger partial charge in [-0.2, -0.15) is 0 Å². The summed E-state index contributed by atoms with van der Waals surface area (Å²) in [7, 11) is 4.34. The molecule has 0 saturated heterocycles. The van der Waals surface area contributed by atoms with Gasteiger partial charge in [-0.05, 0) is 77.2 Å². The Bertz CT molecular complexity index is 1480. The van der Waals surface area contributed by atoms with Crippen LogP contribution in [0.15, 0.2) is 120 Å². The average Bonchev–Trinajstić information content (AvgIpc) is 3.21. The number of hydrogen-bond donors (Lipinski definition) is 1. The number of anilines is 1. The molecule has 42 heavy (non-hydrogen) atoms. The van der Waals surface area contributed by atoms with Crippen LogP contribution in [0.25, 0.3) is 5.57 Å². The van der Waals surface area contributed by atoms with Crippen molar-refractivity contribution in [2.45, 2.75) is 78.1 Å². The maximum absolute atomic E-state index is 2.42. The van der Waals surface area contributed by atoms with Crippen molar-refractivity contribution < 1.29 is 5.32 Å². The van der Waals surface area contributed by atoms with Gasteiger partial charge in [0.1, 0.15) is 5.69 Å². The summed E-state index contributed by atoms with van der Waals surface area (Å²) in [5, 5.41) is 2.23. The van der Waals surface area contributed by atoms with Crippen molar-refractivity contribution in [3.63, 3.8) is 0 Å². The van der Waals surface area contributed by atoms with Crippen LogP contribution in [-0.4, -0.2) is 14.1 Å². The summed E-state index contributed by atoms with van der Waals surface area (Å²) in [5.74, 6) is 0. The standard InChI is InChI=1S/C38H44N2.C2H6/c1-37(2,31-21-10-12-23-33(31)39-5)27-15-20-29-18-14-19-30(36(29)28-16-8-7-9-17-28)25-26-35-38(3,4)32-22-11-13-24-34(32)40(35)6;1-2/h7-13,15-17,20-26,39H,14,18-19,27H2,1-6H3;1-2H3/p+1/b20-15+,30-25+,35-26+;. The number of benzene rings is 3. The topological polar surface area (TPSA) is 19.9 Å². The van der Waals surface area contributed by atoms with Gasteiger partial charge >= 0.3 is 0 Å². The summed E-state index contributed by atoms with van der Waals surface area (Å²) < 4.78 is 0. The number of fused-ring (bicyclic) bond motifs is 1. The van der Waals surface area contributed by atoms with E-state index < -0.39 is 0 Å². The number of hydrogen-bond acceptors (Lipinski definition) is 1. The van der Waals surface area contributed by atoms with Crippen LogP contribution in [0.4, 0.5) is 11.4 Å². The van der Waals surface area contributed by atoms with Crippen molar-refractivity contribution >= 4 is 16.9 Å². The number of rotatable bonds is 7. The van der Waals surface area contributed by atoms with Gasteiger partial charge in [0.25, 0.3) is 0 Å². The zero-order valence-corrected chi connectivity index (χ0v) is 27.2. The van der Waals surface area contributed by atoms with E-state index in [2.05, 4.69) is 155 Å². The second-order valence-electron chi connectivity index (χ2n) is 12.4. The molecular formula is C40H51N2+. The molecule has 2 nitrogen and oxygen atoms in total. The lowest BCUT2D eigenvalue weighted by molar-refractivity contribution is -0.540. The third kappa shape index (κ3) is 6.40. The van der Waals surface area contributed by atoms with Crippen LogP contribution in [0, 0.1) is 0 Å². The quantitative estimate of drug-likeness (QED) is 0.286. The van der Waals surface area contributed by atoms with E-state index in [9.17, 15) is 0 Å². The van der Waals surface area contributed by atoms with Gasteiger partial charge < -0.3 is 10.2 Å². The molecule has 0 bridgehead atoms. The first-order chi connectivity index (χ1) is 20.2. The fourth-order valence-corrected chi connectivity index (χ4v) is 6.69. The van der Waals surface area contributed by atoms with Crippen molar-refractivity contribution in [3.8, 4) is 0 Å². The second-order valence-corrected chi connectivity index (χ2v) is 12.4. The molecule has 0 unspecified atom stereocenters. The Labute approximate surface area is 255 Å². The Kier molecular flexibility index (Phi) is 10.1. The Morgan fingerprint density at radius 3 is 2.24 bits per heavy atom. The smallest absolute Gasteiger partial charge is 0.133 e. The molecule has 1 aliphatic carbocycles. The predicted molar refractivity (Wildman–Crippen MR) is 183 cm³/mol. The summed E-state index contributed by atoms with van der Waals surface area (Å²) in [6.07, 6.45) is 14.0. The van der Waals surface area contributed by atoms with Crippen molar-refractivity contribution in [2.24, 2.45) is 0 Å². The van der Waals surface area contributed by atoms with Gasteiger partial charge in [-0.1, -0.05) is 127 Å². The van der Waals surface area contributed by atoms with Gasteiger partial charge in [0.2, 0.25) is 0 Å². The maximum atomic E-state index is 2.42. The van der Waals surface area contributed by atoms with Crippen molar-refractivity contribution in [3.05, 3.63) is 137 Å². The summed E-state index contributed by atoms with van der Waals surface area (Å²) >= 11 is 0. The van der Waals surface area contributed by atoms with Gasteiger partial charge in [-0.3, -0.25) is 0 Å². The minimum Gasteiger partial charge on any atom is -0.347 e. The fourth-order valence-electron chi connectivity index (χ4n) is 6.69.